The first-order chi connectivity index (χ1) is 11.2. The molecule has 3 heteroatoms. The molecule has 0 aliphatic heterocycles. The van der Waals surface area contributed by atoms with Gasteiger partial charge in [-0.15, -0.1) is 0 Å². The Morgan fingerprint density at radius 1 is 1.13 bits per heavy atom. The van der Waals surface area contributed by atoms with E-state index in [1.807, 2.05) is 55.5 Å². The Kier molecular flexibility index (Phi) is 6.14. The molecule has 0 N–H and O–H groups in total. The van der Waals surface area contributed by atoms with Crippen LogP contribution in [0.1, 0.15) is 37.3 Å². The summed E-state index contributed by atoms with van der Waals surface area (Å²) in [5.74, 6) is 0.318. The Morgan fingerprint density at radius 2 is 1.83 bits per heavy atom. The Labute approximate surface area is 136 Å². The second-order valence-corrected chi connectivity index (χ2v) is 5.18. The van der Waals surface area contributed by atoms with Crippen molar-refractivity contribution in [3.63, 3.8) is 0 Å². The van der Waals surface area contributed by atoms with Crippen molar-refractivity contribution in [1.82, 2.24) is 0 Å². The van der Waals surface area contributed by atoms with Crippen LogP contribution < -0.4 is 4.74 Å². The Bertz CT molecular complexity index is 710. The summed E-state index contributed by atoms with van der Waals surface area (Å²) in [6, 6.07) is 18.9. The van der Waals surface area contributed by atoms with Crippen molar-refractivity contribution < 1.29 is 9.53 Å². The van der Waals surface area contributed by atoms with E-state index in [2.05, 4.69) is 6.07 Å². The summed E-state index contributed by atoms with van der Waals surface area (Å²) in [5, 5.41) is 9.31. The highest BCUT2D eigenvalue weighted by Gasteiger charge is 2.04. The maximum Gasteiger partial charge on any atom is 0.311 e. The number of unbranched alkanes of at least 4 members (excludes halogenated alkanes) is 1. The molecule has 0 aliphatic carbocycles. The third kappa shape index (κ3) is 5.12. The van der Waals surface area contributed by atoms with E-state index in [-0.39, 0.29) is 5.97 Å². The zero-order valence-corrected chi connectivity index (χ0v) is 13.2. The first-order valence-electron chi connectivity index (χ1n) is 7.71. The SMILES string of the molecule is CCCCC(=O)Oc1ccc(/C=C(/C#N)c2ccccc2)cc1. The van der Waals surface area contributed by atoms with Gasteiger partial charge in [0, 0.05) is 6.42 Å². The van der Waals surface area contributed by atoms with Gasteiger partial charge in [0.2, 0.25) is 0 Å². The van der Waals surface area contributed by atoms with E-state index >= 15 is 0 Å². The molecule has 0 bridgehead atoms. The third-order valence-electron chi connectivity index (χ3n) is 3.36. The molecule has 0 saturated heterocycles. The maximum absolute atomic E-state index is 11.6. The molecule has 2 aromatic carbocycles. The summed E-state index contributed by atoms with van der Waals surface area (Å²) in [4.78, 5) is 11.6. The number of benzene rings is 2. The van der Waals surface area contributed by atoms with Gasteiger partial charge >= 0.3 is 5.97 Å². The number of hydrogen-bond donors (Lipinski definition) is 0. The van der Waals surface area contributed by atoms with Gasteiger partial charge < -0.3 is 4.74 Å². The molecule has 0 aliphatic rings. The minimum absolute atomic E-state index is 0.211. The summed E-state index contributed by atoms with van der Waals surface area (Å²) in [7, 11) is 0. The van der Waals surface area contributed by atoms with Gasteiger partial charge in [-0.2, -0.15) is 5.26 Å². The minimum atomic E-state index is -0.211. The van der Waals surface area contributed by atoms with E-state index in [1.54, 1.807) is 12.1 Å². The topological polar surface area (TPSA) is 50.1 Å². The molecule has 2 aromatic rings. The Balaban J connectivity index is 2.09. The molecule has 0 fully saturated rings. The molecule has 0 heterocycles. The lowest BCUT2D eigenvalue weighted by molar-refractivity contribution is -0.134. The van der Waals surface area contributed by atoms with Crippen molar-refractivity contribution in [2.45, 2.75) is 26.2 Å². The normalized spacial score (nSPS) is 10.9. The molecule has 0 spiro atoms. The van der Waals surface area contributed by atoms with E-state index in [4.69, 9.17) is 4.74 Å². The van der Waals surface area contributed by atoms with E-state index in [0.717, 1.165) is 24.0 Å². The van der Waals surface area contributed by atoms with Crippen LogP contribution in [0.25, 0.3) is 11.6 Å². The maximum atomic E-state index is 11.6. The number of esters is 1. The van der Waals surface area contributed by atoms with Crippen LogP contribution in [0.15, 0.2) is 54.6 Å². The lowest BCUT2D eigenvalue weighted by Crippen LogP contribution is -2.07. The van der Waals surface area contributed by atoms with Gasteiger partial charge in [-0.3, -0.25) is 4.79 Å². The molecule has 0 aromatic heterocycles. The lowest BCUT2D eigenvalue weighted by Gasteiger charge is -2.04. The minimum Gasteiger partial charge on any atom is -0.427 e. The number of nitriles is 1. The zero-order chi connectivity index (χ0) is 16.5. The molecular weight excluding hydrogens is 286 g/mol. The number of hydrogen-bond acceptors (Lipinski definition) is 3. The summed E-state index contributed by atoms with van der Waals surface area (Å²) < 4.78 is 5.26. The van der Waals surface area contributed by atoms with Crippen molar-refractivity contribution in [2.75, 3.05) is 0 Å². The van der Waals surface area contributed by atoms with Crippen molar-refractivity contribution in [3.8, 4) is 11.8 Å². The molecule has 0 atom stereocenters. The standard InChI is InChI=1S/C20H19NO2/c1-2-3-9-20(22)23-19-12-10-16(11-13-19)14-18(15-21)17-7-5-4-6-8-17/h4-8,10-14H,2-3,9H2,1H3/b18-14-. The van der Waals surface area contributed by atoms with E-state index in [0.29, 0.717) is 17.7 Å². The zero-order valence-electron chi connectivity index (χ0n) is 13.2. The number of ether oxygens (including phenoxy) is 1. The highest BCUT2D eigenvalue weighted by Crippen LogP contribution is 2.20. The Hall–Kier alpha value is -2.86. The van der Waals surface area contributed by atoms with E-state index < -0.39 is 0 Å². The largest absolute Gasteiger partial charge is 0.427 e. The van der Waals surface area contributed by atoms with Crippen LogP contribution in [0, 0.1) is 11.3 Å². The summed E-state index contributed by atoms with van der Waals surface area (Å²) >= 11 is 0. The average Bonchev–Trinajstić information content (AvgIpc) is 2.60. The second-order valence-electron chi connectivity index (χ2n) is 5.18. The highest BCUT2D eigenvalue weighted by atomic mass is 16.5. The summed E-state index contributed by atoms with van der Waals surface area (Å²) in [6.07, 6.45) is 4.06. The number of rotatable bonds is 6. The van der Waals surface area contributed by atoms with Gasteiger partial charge in [-0.05, 0) is 35.8 Å². The van der Waals surface area contributed by atoms with E-state index in [1.165, 1.54) is 0 Å². The third-order valence-corrected chi connectivity index (χ3v) is 3.36. The molecule has 116 valence electrons. The van der Waals surface area contributed by atoms with Gasteiger partial charge in [0.1, 0.15) is 5.75 Å². The fourth-order valence-electron chi connectivity index (χ4n) is 2.10. The molecule has 0 radical (unpaired) electrons. The van der Waals surface area contributed by atoms with Crippen LogP contribution in [-0.2, 0) is 4.79 Å². The van der Waals surface area contributed by atoms with Crippen molar-refractivity contribution >= 4 is 17.6 Å². The quantitative estimate of drug-likeness (QED) is 0.332. The molecular formula is C20H19NO2. The highest BCUT2D eigenvalue weighted by molar-refractivity contribution is 5.89. The second kappa shape index (κ2) is 8.55. The van der Waals surface area contributed by atoms with E-state index in [9.17, 15) is 10.1 Å². The van der Waals surface area contributed by atoms with Gasteiger partial charge in [-0.1, -0.05) is 55.8 Å². The summed E-state index contributed by atoms with van der Waals surface area (Å²) in [5.41, 5.74) is 2.36. The molecule has 0 unspecified atom stereocenters. The lowest BCUT2D eigenvalue weighted by atomic mass is 10.0. The van der Waals surface area contributed by atoms with Crippen molar-refractivity contribution in [2.24, 2.45) is 0 Å². The van der Waals surface area contributed by atoms with Gasteiger partial charge in [0.05, 0.1) is 11.6 Å². The number of nitrogens with zero attached hydrogens (tertiary/aromatic N) is 1. The van der Waals surface area contributed by atoms with Crippen LogP contribution >= 0.6 is 0 Å². The monoisotopic (exact) mass is 305 g/mol. The predicted octanol–water partition coefficient (Wildman–Crippen LogP) is 4.85. The van der Waals surface area contributed by atoms with Crippen LogP contribution in [0.5, 0.6) is 5.75 Å². The van der Waals surface area contributed by atoms with Crippen molar-refractivity contribution in [3.05, 3.63) is 65.7 Å². The fraction of sp³-hybridized carbons (Fsp3) is 0.200. The smallest absolute Gasteiger partial charge is 0.311 e. The van der Waals surface area contributed by atoms with Crippen molar-refractivity contribution in [1.29, 1.82) is 5.26 Å². The number of allylic oxidation sites excluding steroid dienone is 1. The molecule has 23 heavy (non-hydrogen) atoms. The Morgan fingerprint density at radius 3 is 2.43 bits per heavy atom. The number of carbonyl (C=O) groups excluding carboxylic acids is 1. The molecule has 0 saturated carbocycles. The van der Waals surface area contributed by atoms with Crippen LogP contribution in [0.3, 0.4) is 0 Å². The summed E-state index contributed by atoms with van der Waals surface area (Å²) in [6.45, 7) is 2.04. The molecule has 2 rings (SSSR count). The van der Waals surface area contributed by atoms with Gasteiger partial charge in [-0.25, -0.2) is 0 Å². The fourth-order valence-corrected chi connectivity index (χ4v) is 2.10. The van der Waals surface area contributed by atoms with Crippen LogP contribution in [0.4, 0.5) is 0 Å². The van der Waals surface area contributed by atoms with Gasteiger partial charge in [0.15, 0.2) is 0 Å². The predicted molar refractivity (Wildman–Crippen MR) is 91.5 cm³/mol. The molecule has 3 nitrogen and oxygen atoms in total. The van der Waals surface area contributed by atoms with Crippen LogP contribution in [0.2, 0.25) is 0 Å². The van der Waals surface area contributed by atoms with Crippen LogP contribution in [-0.4, -0.2) is 5.97 Å². The van der Waals surface area contributed by atoms with Gasteiger partial charge in [0.25, 0.3) is 0 Å². The first-order valence-corrected chi connectivity index (χ1v) is 7.71. The average molecular weight is 305 g/mol. The molecule has 0 amide bonds. The number of carbonyl (C=O) groups is 1. The first kappa shape index (κ1) is 16.5.